The maximum Gasteiger partial charge on any atom is 0.248 e. The van der Waals surface area contributed by atoms with Gasteiger partial charge in [0.25, 0.3) is 0 Å². The Bertz CT molecular complexity index is 1110. The summed E-state index contributed by atoms with van der Waals surface area (Å²) in [6.45, 7) is 4.24. The van der Waals surface area contributed by atoms with Crippen molar-refractivity contribution in [3.63, 3.8) is 0 Å². The summed E-state index contributed by atoms with van der Waals surface area (Å²) in [6.07, 6.45) is 2.48. The molecule has 2 fully saturated rings. The van der Waals surface area contributed by atoms with Crippen LogP contribution < -0.4 is 10.6 Å². The number of nitriles is 1. The monoisotopic (exact) mass is 447 g/mol. The van der Waals surface area contributed by atoms with Gasteiger partial charge in [-0.15, -0.1) is 0 Å². The molecule has 0 unspecified atom stereocenters. The Kier molecular flexibility index (Phi) is 6.61. The second kappa shape index (κ2) is 9.59. The fourth-order valence-electron chi connectivity index (χ4n) is 4.43. The number of methoxy groups -OCH3 is 1. The number of hydrogen-bond acceptors (Lipinski definition) is 6. The fourth-order valence-corrected chi connectivity index (χ4v) is 4.43. The van der Waals surface area contributed by atoms with Gasteiger partial charge in [-0.05, 0) is 43.5 Å². The van der Waals surface area contributed by atoms with E-state index in [1.807, 2.05) is 24.0 Å². The number of anilines is 1. The zero-order valence-corrected chi connectivity index (χ0v) is 19.1. The average molecular weight is 448 g/mol. The lowest BCUT2D eigenvalue weighted by atomic mass is 9.97. The van der Waals surface area contributed by atoms with E-state index in [4.69, 9.17) is 15.5 Å². The lowest BCUT2D eigenvalue weighted by molar-refractivity contribution is -0.134. The largest absolute Gasteiger partial charge is 0.384 e. The lowest BCUT2D eigenvalue weighted by Gasteiger charge is -2.41. The average Bonchev–Trinajstić information content (AvgIpc) is 3.67. The summed E-state index contributed by atoms with van der Waals surface area (Å²) in [5, 5.41) is 9.94. The predicted octanol–water partition coefficient (Wildman–Crippen LogP) is 2.67. The zero-order chi connectivity index (χ0) is 23.5. The Morgan fingerprint density at radius 2 is 2.06 bits per heavy atom. The molecule has 1 aliphatic heterocycles. The summed E-state index contributed by atoms with van der Waals surface area (Å²) in [5.41, 5.74) is 9.07. The Morgan fingerprint density at radius 1 is 1.27 bits per heavy atom. The van der Waals surface area contributed by atoms with E-state index in [0.717, 1.165) is 29.7 Å². The second-order valence-corrected chi connectivity index (χ2v) is 8.75. The van der Waals surface area contributed by atoms with Crippen LogP contribution in [0.2, 0.25) is 0 Å². The van der Waals surface area contributed by atoms with Crippen molar-refractivity contribution < 1.29 is 14.3 Å². The summed E-state index contributed by atoms with van der Waals surface area (Å²) in [4.78, 5) is 33.2. The molecule has 8 nitrogen and oxygen atoms in total. The van der Waals surface area contributed by atoms with Crippen LogP contribution in [-0.2, 0) is 9.53 Å². The predicted molar refractivity (Wildman–Crippen MR) is 125 cm³/mol. The van der Waals surface area contributed by atoms with E-state index in [9.17, 15) is 14.9 Å². The number of benzene rings is 1. The van der Waals surface area contributed by atoms with Crippen molar-refractivity contribution in [3.8, 4) is 17.2 Å². The topological polar surface area (TPSA) is 113 Å². The zero-order valence-electron chi connectivity index (χ0n) is 19.1. The Balaban J connectivity index is 1.65. The van der Waals surface area contributed by atoms with Crippen LogP contribution in [0.5, 0.6) is 0 Å². The van der Waals surface area contributed by atoms with Crippen molar-refractivity contribution in [2.75, 3.05) is 38.3 Å². The minimum atomic E-state index is -0.484. The standard InChI is InChI=1S/C25H29N5O3/c1-16-15-29(9-10-30(16)22(31)8-11-33-2)25-20(14-26)13-21(23(28-25)17-6-7-17)18-4-3-5-19(12-18)24(27)32/h3-5,12-13,16-17H,6-11,15H2,1-2H3,(H2,27,32)/t16-/m1/s1. The number of aromatic nitrogens is 1. The van der Waals surface area contributed by atoms with Crippen LogP contribution in [0.15, 0.2) is 30.3 Å². The molecular formula is C25H29N5O3. The molecule has 4 rings (SSSR count). The number of nitrogens with zero attached hydrogens (tertiary/aromatic N) is 4. The number of pyridine rings is 1. The van der Waals surface area contributed by atoms with E-state index < -0.39 is 5.91 Å². The summed E-state index contributed by atoms with van der Waals surface area (Å²) in [5.74, 6) is 0.616. The number of rotatable bonds is 7. The van der Waals surface area contributed by atoms with Crippen LogP contribution in [-0.4, -0.2) is 61.1 Å². The van der Waals surface area contributed by atoms with Gasteiger partial charge < -0.3 is 20.3 Å². The molecule has 1 aliphatic carbocycles. The molecule has 2 aliphatic rings. The molecule has 2 aromatic rings. The third-order valence-electron chi connectivity index (χ3n) is 6.34. The van der Waals surface area contributed by atoms with Crippen LogP contribution >= 0.6 is 0 Å². The molecule has 1 aromatic carbocycles. The highest BCUT2D eigenvalue weighted by Gasteiger charge is 2.33. The van der Waals surface area contributed by atoms with Gasteiger partial charge in [0.1, 0.15) is 11.9 Å². The number of carbonyl (C=O) groups excluding carboxylic acids is 2. The van der Waals surface area contributed by atoms with Crippen LogP contribution in [0, 0.1) is 11.3 Å². The van der Waals surface area contributed by atoms with Crippen molar-refractivity contribution in [2.24, 2.45) is 5.73 Å². The molecule has 2 N–H and O–H groups in total. The molecule has 1 aromatic heterocycles. The van der Waals surface area contributed by atoms with Gasteiger partial charge in [-0.3, -0.25) is 9.59 Å². The van der Waals surface area contributed by atoms with Gasteiger partial charge in [-0.2, -0.15) is 5.26 Å². The maximum absolute atomic E-state index is 12.5. The minimum absolute atomic E-state index is 0.00717. The third kappa shape index (κ3) is 4.83. The highest BCUT2D eigenvalue weighted by atomic mass is 16.5. The number of ether oxygens (including phenoxy) is 1. The molecule has 0 bridgehead atoms. The quantitative estimate of drug-likeness (QED) is 0.698. The number of hydrogen-bond donors (Lipinski definition) is 1. The Labute approximate surface area is 193 Å². The SMILES string of the molecule is COCCC(=O)N1CCN(c2nc(C3CC3)c(-c3cccc(C(N)=O)c3)cc2C#N)C[C@H]1C. The molecule has 33 heavy (non-hydrogen) atoms. The van der Waals surface area contributed by atoms with Gasteiger partial charge in [0.05, 0.1) is 24.3 Å². The van der Waals surface area contributed by atoms with Crippen molar-refractivity contribution in [3.05, 3.63) is 47.2 Å². The molecule has 8 heteroatoms. The molecule has 0 spiro atoms. The van der Waals surface area contributed by atoms with Crippen molar-refractivity contribution >= 4 is 17.6 Å². The second-order valence-electron chi connectivity index (χ2n) is 8.75. The number of primary amides is 1. The molecule has 1 saturated carbocycles. The summed E-state index contributed by atoms with van der Waals surface area (Å²) < 4.78 is 5.04. The molecule has 2 heterocycles. The first-order valence-corrected chi connectivity index (χ1v) is 11.3. The van der Waals surface area contributed by atoms with Crippen LogP contribution in [0.4, 0.5) is 5.82 Å². The number of carbonyl (C=O) groups is 2. The molecular weight excluding hydrogens is 418 g/mol. The summed E-state index contributed by atoms with van der Waals surface area (Å²) in [6, 6.07) is 11.4. The van der Waals surface area contributed by atoms with Gasteiger partial charge in [-0.1, -0.05) is 12.1 Å². The van der Waals surface area contributed by atoms with Crippen LogP contribution in [0.25, 0.3) is 11.1 Å². The maximum atomic E-state index is 12.5. The third-order valence-corrected chi connectivity index (χ3v) is 6.34. The van der Waals surface area contributed by atoms with Gasteiger partial charge in [0, 0.05) is 49.8 Å². The van der Waals surface area contributed by atoms with E-state index >= 15 is 0 Å². The fraction of sp³-hybridized carbons (Fsp3) is 0.440. The van der Waals surface area contributed by atoms with Gasteiger partial charge in [-0.25, -0.2) is 4.98 Å². The van der Waals surface area contributed by atoms with E-state index in [2.05, 4.69) is 11.0 Å². The van der Waals surface area contributed by atoms with Crippen molar-refractivity contribution in [1.29, 1.82) is 5.26 Å². The van der Waals surface area contributed by atoms with E-state index in [1.54, 1.807) is 25.3 Å². The smallest absolute Gasteiger partial charge is 0.248 e. The number of amides is 2. The van der Waals surface area contributed by atoms with E-state index in [1.165, 1.54) is 0 Å². The van der Waals surface area contributed by atoms with E-state index in [-0.39, 0.29) is 11.9 Å². The minimum Gasteiger partial charge on any atom is -0.384 e. The van der Waals surface area contributed by atoms with Gasteiger partial charge in [0.15, 0.2) is 0 Å². The first-order chi connectivity index (χ1) is 15.9. The molecule has 172 valence electrons. The molecule has 2 amide bonds. The molecule has 0 radical (unpaired) electrons. The summed E-state index contributed by atoms with van der Waals surface area (Å²) >= 11 is 0. The first kappa shape index (κ1) is 22.7. The summed E-state index contributed by atoms with van der Waals surface area (Å²) in [7, 11) is 1.59. The van der Waals surface area contributed by atoms with Crippen molar-refractivity contribution in [1.82, 2.24) is 9.88 Å². The highest BCUT2D eigenvalue weighted by molar-refractivity contribution is 5.94. The van der Waals surface area contributed by atoms with E-state index in [0.29, 0.717) is 55.5 Å². The molecule has 1 atom stereocenters. The number of nitrogens with two attached hydrogens (primary N) is 1. The van der Waals surface area contributed by atoms with Gasteiger partial charge >= 0.3 is 0 Å². The Morgan fingerprint density at radius 3 is 2.70 bits per heavy atom. The lowest BCUT2D eigenvalue weighted by Crippen LogP contribution is -2.54. The highest BCUT2D eigenvalue weighted by Crippen LogP contribution is 2.45. The first-order valence-electron chi connectivity index (χ1n) is 11.3. The van der Waals surface area contributed by atoms with Crippen LogP contribution in [0.3, 0.4) is 0 Å². The normalized spacial score (nSPS) is 18.2. The van der Waals surface area contributed by atoms with Crippen molar-refractivity contribution in [2.45, 2.75) is 38.1 Å². The molecule has 1 saturated heterocycles. The Hall–Kier alpha value is -3.44. The number of piperazine rings is 1. The van der Waals surface area contributed by atoms with Gasteiger partial charge in [0.2, 0.25) is 11.8 Å². The van der Waals surface area contributed by atoms with Crippen LogP contribution in [0.1, 0.15) is 53.7 Å².